The van der Waals surface area contributed by atoms with Crippen molar-refractivity contribution in [2.24, 2.45) is 0 Å². The van der Waals surface area contributed by atoms with E-state index in [0.29, 0.717) is 0 Å². The molecule has 0 aromatic heterocycles. The molecule has 0 aliphatic rings. The first-order valence-corrected chi connectivity index (χ1v) is 5.63. The van der Waals surface area contributed by atoms with Crippen molar-refractivity contribution in [2.45, 2.75) is 39.9 Å². The Bertz CT molecular complexity index is 363. The number of hydrogen-bond acceptors (Lipinski definition) is 2. The van der Waals surface area contributed by atoms with Gasteiger partial charge < -0.3 is 10.2 Å². The highest BCUT2D eigenvalue weighted by Gasteiger charge is 2.05. The zero-order valence-electron chi connectivity index (χ0n) is 10.0. The van der Waals surface area contributed by atoms with Gasteiger partial charge in [-0.15, -0.1) is 0 Å². The normalized spacial score (nSPS) is 10.2. The molecule has 0 radical (unpaired) electrons. The van der Waals surface area contributed by atoms with Crippen LogP contribution in [-0.2, 0) is 19.6 Å². The van der Waals surface area contributed by atoms with Gasteiger partial charge in [-0.3, -0.25) is 0 Å². The molecule has 1 aromatic rings. The summed E-state index contributed by atoms with van der Waals surface area (Å²) < 4.78 is 0. The summed E-state index contributed by atoms with van der Waals surface area (Å²) in [7, 11) is 0. The minimum Gasteiger partial charge on any atom is -0.392 e. The highest BCUT2D eigenvalue weighted by Crippen LogP contribution is 2.17. The third-order valence-electron chi connectivity index (χ3n) is 2.66. The second-order valence-corrected chi connectivity index (χ2v) is 4.19. The van der Waals surface area contributed by atoms with Crippen molar-refractivity contribution in [1.29, 1.82) is 0 Å². The molecule has 0 unspecified atom stereocenters. The quantitative estimate of drug-likeness (QED) is 0.749. The van der Waals surface area contributed by atoms with Crippen LogP contribution in [0.3, 0.4) is 0 Å². The summed E-state index contributed by atoms with van der Waals surface area (Å²) in [4.78, 5) is 0. The Kier molecular flexibility index (Phi) is 5.23. The van der Waals surface area contributed by atoms with Gasteiger partial charge in [-0.2, -0.15) is 0 Å². The Morgan fingerprint density at radius 2 is 1.81 bits per heavy atom. The van der Waals surface area contributed by atoms with Gasteiger partial charge in [0, 0.05) is 0 Å². The van der Waals surface area contributed by atoms with Gasteiger partial charge in [0.25, 0.3) is 0 Å². The maximum atomic E-state index is 9.31. The van der Waals surface area contributed by atoms with Crippen LogP contribution in [0, 0.1) is 0 Å². The van der Waals surface area contributed by atoms with Crippen molar-refractivity contribution in [1.82, 2.24) is 0 Å². The topological polar surface area (TPSA) is 40.5 Å². The van der Waals surface area contributed by atoms with Crippen molar-refractivity contribution in [2.75, 3.05) is 0 Å². The zero-order valence-corrected chi connectivity index (χ0v) is 10.0. The molecule has 0 saturated carbocycles. The standard InChI is InChI=1S/C14H20O2/c1-11(2)5-3-6-12-7-4-8-13(9-15)14(12)10-16/h4-5,7-8,15-16H,3,6,9-10H2,1-2H3. The number of aryl methyl sites for hydroxylation is 1. The average molecular weight is 220 g/mol. The first-order chi connectivity index (χ1) is 7.69. The molecule has 0 heterocycles. The van der Waals surface area contributed by atoms with Gasteiger partial charge in [0.15, 0.2) is 0 Å². The van der Waals surface area contributed by atoms with E-state index < -0.39 is 0 Å². The summed E-state index contributed by atoms with van der Waals surface area (Å²) in [5, 5.41) is 18.5. The van der Waals surface area contributed by atoms with Crippen LogP contribution in [0.5, 0.6) is 0 Å². The van der Waals surface area contributed by atoms with Gasteiger partial charge in [-0.25, -0.2) is 0 Å². The first kappa shape index (κ1) is 12.9. The molecule has 2 heteroatoms. The van der Waals surface area contributed by atoms with Crippen LogP contribution < -0.4 is 0 Å². The molecule has 1 rings (SSSR count). The summed E-state index contributed by atoms with van der Waals surface area (Å²) in [6, 6.07) is 5.81. The fraction of sp³-hybridized carbons (Fsp3) is 0.429. The second-order valence-electron chi connectivity index (χ2n) is 4.19. The summed E-state index contributed by atoms with van der Waals surface area (Å²) in [6.45, 7) is 4.15. The summed E-state index contributed by atoms with van der Waals surface area (Å²) in [6.07, 6.45) is 4.08. The van der Waals surface area contributed by atoms with E-state index in [-0.39, 0.29) is 13.2 Å². The van der Waals surface area contributed by atoms with Crippen LogP contribution in [0.15, 0.2) is 29.8 Å². The largest absolute Gasteiger partial charge is 0.392 e. The lowest BCUT2D eigenvalue weighted by molar-refractivity contribution is 0.259. The smallest absolute Gasteiger partial charge is 0.0688 e. The third-order valence-corrected chi connectivity index (χ3v) is 2.66. The van der Waals surface area contributed by atoms with E-state index >= 15 is 0 Å². The average Bonchev–Trinajstić information content (AvgIpc) is 2.28. The molecule has 0 bridgehead atoms. The minimum atomic E-state index is -0.00756. The Labute approximate surface area is 97.2 Å². The van der Waals surface area contributed by atoms with Crippen LogP contribution in [0.2, 0.25) is 0 Å². The summed E-state index contributed by atoms with van der Waals surface area (Å²) in [5.74, 6) is 0. The van der Waals surface area contributed by atoms with Gasteiger partial charge in [0.1, 0.15) is 0 Å². The Balaban J connectivity index is 2.82. The molecule has 88 valence electrons. The van der Waals surface area contributed by atoms with Crippen LogP contribution in [-0.4, -0.2) is 10.2 Å². The molecule has 2 nitrogen and oxygen atoms in total. The highest BCUT2D eigenvalue weighted by atomic mass is 16.3. The van der Waals surface area contributed by atoms with E-state index in [0.717, 1.165) is 29.5 Å². The van der Waals surface area contributed by atoms with E-state index in [2.05, 4.69) is 19.9 Å². The summed E-state index contributed by atoms with van der Waals surface area (Å²) >= 11 is 0. The molecule has 0 amide bonds. The van der Waals surface area contributed by atoms with E-state index in [9.17, 15) is 5.11 Å². The summed E-state index contributed by atoms with van der Waals surface area (Å²) in [5.41, 5.74) is 4.15. The monoisotopic (exact) mass is 220 g/mol. The molecule has 0 fully saturated rings. The van der Waals surface area contributed by atoms with E-state index in [1.807, 2.05) is 18.2 Å². The Hall–Kier alpha value is -1.12. The van der Waals surface area contributed by atoms with Crippen molar-refractivity contribution in [3.63, 3.8) is 0 Å². The molecule has 0 atom stereocenters. The van der Waals surface area contributed by atoms with E-state index in [1.165, 1.54) is 5.57 Å². The number of rotatable bonds is 5. The van der Waals surface area contributed by atoms with Crippen LogP contribution in [0.1, 0.15) is 37.0 Å². The van der Waals surface area contributed by atoms with Crippen molar-refractivity contribution in [3.8, 4) is 0 Å². The minimum absolute atomic E-state index is 0.000881. The van der Waals surface area contributed by atoms with Gasteiger partial charge in [0.05, 0.1) is 13.2 Å². The van der Waals surface area contributed by atoms with Gasteiger partial charge in [-0.1, -0.05) is 29.8 Å². The third kappa shape index (κ3) is 3.47. The molecule has 0 spiro atoms. The van der Waals surface area contributed by atoms with Crippen LogP contribution >= 0.6 is 0 Å². The maximum absolute atomic E-state index is 9.31. The molecular weight excluding hydrogens is 200 g/mol. The fourth-order valence-corrected chi connectivity index (χ4v) is 1.79. The van der Waals surface area contributed by atoms with Gasteiger partial charge in [-0.05, 0) is 43.4 Å². The number of aliphatic hydroxyl groups is 2. The predicted molar refractivity (Wildman–Crippen MR) is 66.0 cm³/mol. The molecule has 2 N–H and O–H groups in total. The van der Waals surface area contributed by atoms with E-state index in [1.54, 1.807) is 0 Å². The number of allylic oxidation sites excluding steroid dienone is 2. The van der Waals surface area contributed by atoms with Gasteiger partial charge in [0.2, 0.25) is 0 Å². The maximum Gasteiger partial charge on any atom is 0.0688 e. The number of aliphatic hydroxyl groups excluding tert-OH is 2. The predicted octanol–water partition coefficient (Wildman–Crippen LogP) is 2.57. The van der Waals surface area contributed by atoms with E-state index in [4.69, 9.17) is 5.11 Å². The molecule has 0 aliphatic heterocycles. The Morgan fingerprint density at radius 3 is 2.38 bits per heavy atom. The molecular formula is C14H20O2. The van der Waals surface area contributed by atoms with Crippen molar-refractivity contribution >= 4 is 0 Å². The lowest BCUT2D eigenvalue weighted by atomic mass is 9.98. The van der Waals surface area contributed by atoms with Crippen LogP contribution in [0.25, 0.3) is 0 Å². The molecule has 0 saturated heterocycles. The fourth-order valence-electron chi connectivity index (χ4n) is 1.79. The molecule has 0 aliphatic carbocycles. The first-order valence-electron chi connectivity index (χ1n) is 5.63. The Morgan fingerprint density at radius 1 is 1.12 bits per heavy atom. The second kappa shape index (κ2) is 6.46. The molecule has 16 heavy (non-hydrogen) atoms. The lowest BCUT2D eigenvalue weighted by Crippen LogP contribution is -2.00. The number of benzene rings is 1. The van der Waals surface area contributed by atoms with Crippen molar-refractivity contribution in [3.05, 3.63) is 46.5 Å². The lowest BCUT2D eigenvalue weighted by Gasteiger charge is -2.10. The zero-order chi connectivity index (χ0) is 12.0. The molecule has 1 aromatic carbocycles. The SMILES string of the molecule is CC(C)=CCCc1cccc(CO)c1CO. The highest BCUT2D eigenvalue weighted by molar-refractivity contribution is 5.34. The van der Waals surface area contributed by atoms with Gasteiger partial charge >= 0.3 is 0 Å². The van der Waals surface area contributed by atoms with Crippen molar-refractivity contribution < 1.29 is 10.2 Å². The number of hydrogen-bond donors (Lipinski definition) is 2. The van der Waals surface area contributed by atoms with Crippen LogP contribution in [0.4, 0.5) is 0 Å².